The second-order valence-electron chi connectivity index (χ2n) is 16.0. The lowest BCUT2D eigenvalue weighted by atomic mass is 9.63. The number of likely N-dealkylation sites (tertiary alicyclic amines) is 1. The average molecular weight is 603 g/mol. The summed E-state index contributed by atoms with van der Waals surface area (Å²) >= 11 is 0. The molecular weight excluding hydrogens is 548 g/mol. The van der Waals surface area contributed by atoms with Crippen molar-refractivity contribution in [1.82, 2.24) is 10.2 Å². The Labute approximate surface area is 265 Å². The largest absolute Gasteiger partial charge is 0.496 e. The van der Waals surface area contributed by atoms with Gasteiger partial charge in [-0.1, -0.05) is 98.1 Å². The minimum atomic E-state index is -0.922. The molecule has 6 heteroatoms. The summed E-state index contributed by atoms with van der Waals surface area (Å²) in [6.07, 6.45) is 7.10. The van der Waals surface area contributed by atoms with E-state index in [1.165, 1.54) is 11.1 Å². The molecule has 0 unspecified atom stereocenters. The van der Waals surface area contributed by atoms with Crippen LogP contribution in [0.5, 0.6) is 5.75 Å². The van der Waals surface area contributed by atoms with Crippen LogP contribution in [0.4, 0.5) is 0 Å². The van der Waals surface area contributed by atoms with E-state index in [2.05, 4.69) is 78.0 Å². The second-order valence-corrected chi connectivity index (χ2v) is 16.0. The van der Waals surface area contributed by atoms with Gasteiger partial charge in [0.05, 0.1) is 13.2 Å². The van der Waals surface area contributed by atoms with Crippen LogP contribution in [0, 0.1) is 17.3 Å². The van der Waals surface area contributed by atoms with Crippen LogP contribution in [0.1, 0.15) is 122 Å². The van der Waals surface area contributed by atoms with Crippen molar-refractivity contribution in [2.75, 3.05) is 7.11 Å². The van der Waals surface area contributed by atoms with Crippen molar-refractivity contribution in [1.29, 1.82) is 0 Å². The van der Waals surface area contributed by atoms with E-state index in [-0.39, 0.29) is 40.0 Å². The molecular formula is C38H54N2O4. The molecule has 0 radical (unpaired) electrons. The lowest BCUT2D eigenvalue weighted by Gasteiger charge is -2.42. The Morgan fingerprint density at radius 1 is 0.955 bits per heavy atom. The van der Waals surface area contributed by atoms with Gasteiger partial charge in [0, 0.05) is 30.0 Å². The highest BCUT2D eigenvalue weighted by atomic mass is 16.5. The molecule has 4 atom stereocenters. The van der Waals surface area contributed by atoms with Crippen LogP contribution in [-0.4, -0.2) is 41.1 Å². The molecule has 2 aromatic rings. The second kappa shape index (κ2) is 12.2. The Hall–Kier alpha value is -2.86. The van der Waals surface area contributed by atoms with Gasteiger partial charge in [-0.15, -0.1) is 0 Å². The van der Waals surface area contributed by atoms with Gasteiger partial charge in [0.15, 0.2) is 0 Å². The number of nitrogens with one attached hydrogen (secondary N) is 1. The zero-order valence-corrected chi connectivity index (χ0v) is 28.2. The number of aliphatic carboxylic acids is 1. The third-order valence-electron chi connectivity index (χ3n) is 11.1. The highest BCUT2D eigenvalue weighted by molar-refractivity contribution is 5.87. The minimum absolute atomic E-state index is 0.000143. The first-order valence-corrected chi connectivity index (χ1v) is 16.7. The molecule has 1 aliphatic heterocycles. The number of ether oxygens (including phenoxy) is 1. The van der Waals surface area contributed by atoms with Gasteiger partial charge in [0.25, 0.3) is 0 Å². The number of fused-ring (bicyclic) bond motifs is 1. The van der Waals surface area contributed by atoms with Crippen LogP contribution in [0.15, 0.2) is 42.5 Å². The molecule has 44 heavy (non-hydrogen) atoms. The van der Waals surface area contributed by atoms with Gasteiger partial charge < -0.3 is 20.1 Å². The Morgan fingerprint density at radius 2 is 1.55 bits per heavy atom. The van der Waals surface area contributed by atoms with E-state index in [1.54, 1.807) is 12.0 Å². The summed E-state index contributed by atoms with van der Waals surface area (Å²) in [5, 5.41) is 14.7. The fourth-order valence-electron chi connectivity index (χ4n) is 8.48. The number of carboxylic acids is 1. The van der Waals surface area contributed by atoms with Crippen molar-refractivity contribution in [3.63, 3.8) is 0 Å². The predicted molar refractivity (Wildman–Crippen MR) is 176 cm³/mol. The molecule has 0 aromatic heterocycles. The molecule has 1 amide bonds. The SMILES string of the molecule is COc1cc2c(cc1CN[C@H]1[C@H](C(C)(C)C)[C@@H](C(=O)O)N(C(=O)C3CCCCC3)[C@H]1c1ccccc1)C(C)(C)CCC2(C)C. The first-order valence-electron chi connectivity index (χ1n) is 16.7. The fourth-order valence-corrected chi connectivity index (χ4v) is 8.48. The van der Waals surface area contributed by atoms with Gasteiger partial charge in [-0.2, -0.15) is 0 Å². The number of carboxylic acid groups (broad SMARTS) is 1. The highest BCUT2D eigenvalue weighted by Gasteiger charge is 2.58. The molecule has 5 rings (SSSR count). The smallest absolute Gasteiger partial charge is 0.326 e. The third-order valence-corrected chi connectivity index (χ3v) is 11.1. The number of amides is 1. The van der Waals surface area contributed by atoms with Gasteiger partial charge in [-0.3, -0.25) is 4.79 Å². The van der Waals surface area contributed by atoms with E-state index in [0.29, 0.717) is 6.54 Å². The van der Waals surface area contributed by atoms with Crippen LogP contribution in [0.3, 0.4) is 0 Å². The summed E-state index contributed by atoms with van der Waals surface area (Å²) in [5.41, 5.74) is 4.51. The van der Waals surface area contributed by atoms with Crippen molar-refractivity contribution in [3.8, 4) is 5.75 Å². The zero-order chi connectivity index (χ0) is 32.0. The molecule has 6 nitrogen and oxygen atoms in total. The lowest BCUT2D eigenvalue weighted by Crippen LogP contribution is -2.49. The van der Waals surface area contributed by atoms with E-state index in [1.807, 2.05) is 18.2 Å². The molecule has 1 heterocycles. The van der Waals surface area contributed by atoms with E-state index < -0.39 is 18.1 Å². The molecule has 1 saturated heterocycles. The van der Waals surface area contributed by atoms with E-state index in [0.717, 1.165) is 61.8 Å². The van der Waals surface area contributed by atoms with Crippen molar-refractivity contribution in [2.24, 2.45) is 17.3 Å². The summed E-state index contributed by atoms with van der Waals surface area (Å²) in [4.78, 5) is 29.4. The molecule has 2 fully saturated rings. The Kier molecular flexibility index (Phi) is 8.98. The van der Waals surface area contributed by atoms with Gasteiger partial charge in [-0.05, 0) is 70.8 Å². The molecule has 0 bridgehead atoms. The molecule has 240 valence electrons. The first-order chi connectivity index (χ1) is 20.7. The quantitative estimate of drug-likeness (QED) is 0.338. The zero-order valence-electron chi connectivity index (χ0n) is 28.2. The Balaban J connectivity index is 1.60. The fraction of sp³-hybridized carbons (Fsp3) is 0.632. The Bertz CT molecular complexity index is 1350. The first kappa shape index (κ1) is 32.5. The maximum atomic E-state index is 14.4. The molecule has 2 N–H and O–H groups in total. The maximum absolute atomic E-state index is 14.4. The van der Waals surface area contributed by atoms with Crippen molar-refractivity contribution >= 4 is 11.9 Å². The molecule has 2 aromatic carbocycles. The van der Waals surface area contributed by atoms with Gasteiger partial charge in [0.2, 0.25) is 5.91 Å². The number of hydrogen-bond acceptors (Lipinski definition) is 4. The molecule has 2 aliphatic carbocycles. The molecule has 0 spiro atoms. The van der Waals surface area contributed by atoms with Gasteiger partial charge in [-0.25, -0.2) is 4.79 Å². The summed E-state index contributed by atoms with van der Waals surface area (Å²) in [6, 6.07) is 13.0. The number of hydrogen-bond donors (Lipinski definition) is 2. The van der Waals surface area contributed by atoms with Gasteiger partial charge >= 0.3 is 5.97 Å². The molecule has 3 aliphatic rings. The number of carbonyl (C=O) groups excluding carboxylic acids is 1. The number of methoxy groups -OCH3 is 1. The number of nitrogens with zero attached hydrogens (tertiary/aromatic N) is 1. The van der Waals surface area contributed by atoms with Crippen LogP contribution >= 0.6 is 0 Å². The minimum Gasteiger partial charge on any atom is -0.496 e. The average Bonchev–Trinajstić information content (AvgIpc) is 3.35. The van der Waals surface area contributed by atoms with Crippen molar-refractivity contribution in [3.05, 3.63) is 64.7 Å². The molecule has 1 saturated carbocycles. The summed E-state index contributed by atoms with van der Waals surface area (Å²) < 4.78 is 5.99. The van der Waals surface area contributed by atoms with E-state index >= 15 is 0 Å². The van der Waals surface area contributed by atoms with E-state index in [4.69, 9.17) is 4.74 Å². The van der Waals surface area contributed by atoms with Crippen molar-refractivity contribution < 1.29 is 19.4 Å². The summed E-state index contributed by atoms with van der Waals surface area (Å²) in [5.74, 6) is -0.498. The number of carbonyl (C=O) groups is 2. The maximum Gasteiger partial charge on any atom is 0.326 e. The normalized spacial score (nSPS) is 26.7. The standard InChI is InChI=1S/C38H54N2O4/c1-36(2,3)30-31(39-23-26-21-27-28(22-29(26)44-8)38(6,7)20-19-37(27,4)5)32(24-15-11-9-12-16-24)40(33(30)35(42)43)34(41)25-17-13-10-14-18-25/h9,11-12,15-16,21-22,25,30-33,39H,10,13-14,17-20,23H2,1-8H3,(H,42,43)/t30-,31-,32-,33-/m0/s1. The Morgan fingerprint density at radius 3 is 2.09 bits per heavy atom. The van der Waals surface area contributed by atoms with Crippen LogP contribution in [0.2, 0.25) is 0 Å². The van der Waals surface area contributed by atoms with Crippen molar-refractivity contribution in [2.45, 2.75) is 129 Å². The monoisotopic (exact) mass is 602 g/mol. The predicted octanol–water partition coefficient (Wildman–Crippen LogP) is 7.78. The summed E-state index contributed by atoms with van der Waals surface area (Å²) in [7, 11) is 1.73. The number of rotatable bonds is 7. The third kappa shape index (κ3) is 6.03. The topological polar surface area (TPSA) is 78.9 Å². The van der Waals surface area contributed by atoms with Crippen LogP contribution < -0.4 is 10.1 Å². The summed E-state index contributed by atoms with van der Waals surface area (Å²) in [6.45, 7) is 16.2. The lowest BCUT2D eigenvalue weighted by molar-refractivity contribution is -0.154. The van der Waals surface area contributed by atoms with Gasteiger partial charge in [0.1, 0.15) is 11.8 Å². The van der Waals surface area contributed by atoms with E-state index in [9.17, 15) is 14.7 Å². The van der Waals surface area contributed by atoms with Crippen LogP contribution in [0.25, 0.3) is 0 Å². The van der Waals surface area contributed by atoms with Crippen LogP contribution in [-0.2, 0) is 27.0 Å². The number of benzene rings is 2. The highest BCUT2D eigenvalue weighted by Crippen LogP contribution is 2.50.